The molecular weight excluding hydrogens is 408 g/mol. The van der Waals surface area contributed by atoms with E-state index in [1.54, 1.807) is 36.4 Å². The fourth-order valence-electron chi connectivity index (χ4n) is 4.07. The molecule has 0 spiro atoms. The third-order valence-electron chi connectivity index (χ3n) is 5.52. The summed E-state index contributed by atoms with van der Waals surface area (Å²) in [5.41, 5.74) is 0.173. The molecule has 1 unspecified atom stereocenters. The van der Waals surface area contributed by atoms with Gasteiger partial charge in [0.1, 0.15) is 0 Å². The fraction of sp³-hybridized carbons (Fsp3) is 0.182. The minimum absolute atomic E-state index is 0.0281. The number of sulfonamides is 1. The molecular formula is C22H17ClN2O3S. The van der Waals surface area contributed by atoms with Gasteiger partial charge in [0.2, 0.25) is 5.91 Å². The highest BCUT2D eigenvalue weighted by molar-refractivity contribution is 7.90. The lowest BCUT2D eigenvalue weighted by molar-refractivity contribution is -0.124. The van der Waals surface area contributed by atoms with Crippen LogP contribution < -0.4 is 4.72 Å². The maximum atomic E-state index is 13.3. The van der Waals surface area contributed by atoms with Crippen molar-refractivity contribution in [2.75, 3.05) is 0 Å². The predicted molar refractivity (Wildman–Crippen MR) is 111 cm³/mol. The van der Waals surface area contributed by atoms with E-state index in [2.05, 4.69) is 4.72 Å². The molecule has 146 valence electrons. The summed E-state index contributed by atoms with van der Waals surface area (Å²) in [7, 11) is -4.13. The third kappa shape index (κ3) is 3.17. The maximum Gasteiger partial charge on any atom is 0.264 e. The summed E-state index contributed by atoms with van der Waals surface area (Å²) in [5, 5.41) is 11.2. The van der Waals surface area contributed by atoms with Gasteiger partial charge in [-0.15, -0.1) is 0 Å². The second kappa shape index (κ2) is 7.18. The van der Waals surface area contributed by atoms with Gasteiger partial charge in [-0.25, -0.2) is 13.1 Å². The van der Waals surface area contributed by atoms with Crippen LogP contribution in [-0.4, -0.2) is 14.3 Å². The number of hydrogen-bond acceptors (Lipinski definition) is 4. The number of carbonyl (C=O) groups excluding carboxylic acids is 1. The lowest BCUT2D eigenvalue weighted by Gasteiger charge is -2.26. The summed E-state index contributed by atoms with van der Waals surface area (Å²) >= 11 is 6.26. The van der Waals surface area contributed by atoms with E-state index in [1.807, 2.05) is 24.3 Å². The molecule has 0 aliphatic heterocycles. The van der Waals surface area contributed by atoms with E-state index in [-0.39, 0.29) is 11.3 Å². The summed E-state index contributed by atoms with van der Waals surface area (Å²) in [4.78, 5) is 13.3. The number of fused-ring (bicyclic) bond motifs is 2. The van der Waals surface area contributed by atoms with E-state index >= 15 is 0 Å². The van der Waals surface area contributed by atoms with Crippen LogP contribution in [0, 0.1) is 11.3 Å². The quantitative estimate of drug-likeness (QED) is 0.683. The van der Waals surface area contributed by atoms with Crippen molar-refractivity contribution in [3.8, 4) is 6.07 Å². The van der Waals surface area contributed by atoms with Gasteiger partial charge in [0.05, 0.1) is 22.8 Å². The minimum atomic E-state index is -4.13. The number of benzene rings is 3. The van der Waals surface area contributed by atoms with Crippen molar-refractivity contribution < 1.29 is 13.2 Å². The van der Waals surface area contributed by atoms with Crippen LogP contribution in [0.25, 0.3) is 10.8 Å². The summed E-state index contributed by atoms with van der Waals surface area (Å²) in [6.07, 6.45) is 0.714. The Labute approximate surface area is 174 Å². The largest absolute Gasteiger partial charge is 0.273 e. The molecule has 1 aliphatic rings. The molecule has 29 heavy (non-hydrogen) atoms. The van der Waals surface area contributed by atoms with E-state index in [4.69, 9.17) is 11.6 Å². The Morgan fingerprint density at radius 2 is 1.83 bits per heavy atom. The number of amides is 1. The Bertz CT molecular complexity index is 1280. The monoisotopic (exact) mass is 424 g/mol. The van der Waals surface area contributed by atoms with Gasteiger partial charge in [0, 0.05) is 10.4 Å². The molecule has 7 heteroatoms. The first-order valence-electron chi connectivity index (χ1n) is 9.09. The van der Waals surface area contributed by atoms with E-state index in [0.29, 0.717) is 28.8 Å². The highest BCUT2D eigenvalue weighted by Crippen LogP contribution is 2.44. The molecule has 1 atom stereocenters. The number of nitriles is 1. The average molecular weight is 425 g/mol. The van der Waals surface area contributed by atoms with Crippen LogP contribution in [0.1, 0.15) is 24.0 Å². The van der Waals surface area contributed by atoms with E-state index in [0.717, 1.165) is 10.9 Å². The van der Waals surface area contributed by atoms with Gasteiger partial charge in [0.15, 0.2) is 0 Å². The van der Waals surface area contributed by atoms with Crippen molar-refractivity contribution in [3.63, 3.8) is 0 Å². The maximum absolute atomic E-state index is 13.3. The van der Waals surface area contributed by atoms with Crippen LogP contribution in [0.15, 0.2) is 65.6 Å². The Balaban J connectivity index is 1.77. The van der Waals surface area contributed by atoms with Gasteiger partial charge < -0.3 is 0 Å². The zero-order valence-electron chi connectivity index (χ0n) is 15.4. The predicted octanol–water partition coefficient (Wildman–Crippen LogP) is 4.10. The Morgan fingerprint density at radius 1 is 1.10 bits per heavy atom. The number of halogens is 1. The molecule has 5 nitrogen and oxygen atoms in total. The van der Waals surface area contributed by atoms with Crippen LogP contribution in [-0.2, 0) is 26.7 Å². The van der Waals surface area contributed by atoms with Gasteiger partial charge in [0.25, 0.3) is 10.0 Å². The Kier molecular flexibility index (Phi) is 4.81. The van der Waals surface area contributed by atoms with E-state index < -0.39 is 21.3 Å². The molecule has 3 aromatic carbocycles. The molecule has 0 radical (unpaired) electrons. The molecule has 0 saturated carbocycles. The third-order valence-corrected chi connectivity index (χ3v) is 7.26. The molecule has 1 N–H and O–H groups in total. The normalized spacial score (nSPS) is 18.2. The first-order valence-corrected chi connectivity index (χ1v) is 10.9. The van der Waals surface area contributed by atoms with Crippen LogP contribution in [0.3, 0.4) is 0 Å². The highest BCUT2D eigenvalue weighted by atomic mass is 35.5. The minimum Gasteiger partial charge on any atom is -0.273 e. The number of nitrogens with one attached hydrogen (secondary N) is 1. The second-order valence-electron chi connectivity index (χ2n) is 7.09. The number of nitrogens with zero attached hydrogens (tertiary/aromatic N) is 1. The van der Waals surface area contributed by atoms with Gasteiger partial charge in [-0.05, 0) is 41.5 Å². The number of rotatable bonds is 4. The molecule has 3 aromatic rings. The number of carbonyl (C=O) groups is 1. The molecule has 0 heterocycles. The standard InChI is InChI=1S/C22H17ClN2O3S/c23-19-9-4-8-18-17(19)11-12-22(18,13-14-24)21(26)25-29(27,28)20-10-3-6-15-5-1-2-7-16(15)20/h1-10H,11-13H2,(H,25,26). The van der Waals surface area contributed by atoms with Crippen LogP contribution in [0.5, 0.6) is 0 Å². The average Bonchev–Trinajstić information content (AvgIpc) is 3.09. The van der Waals surface area contributed by atoms with Crippen molar-refractivity contribution in [2.24, 2.45) is 0 Å². The lowest BCUT2D eigenvalue weighted by Crippen LogP contribution is -2.45. The fourth-order valence-corrected chi connectivity index (χ4v) is 5.63. The molecule has 0 aromatic heterocycles. The highest BCUT2D eigenvalue weighted by Gasteiger charge is 2.47. The SMILES string of the molecule is N#CCC1(C(=O)NS(=O)(=O)c2cccc3ccccc23)CCc2c(Cl)cccc21. The van der Waals surface area contributed by atoms with Crippen molar-refractivity contribution in [1.82, 2.24) is 4.72 Å². The number of hydrogen-bond donors (Lipinski definition) is 1. The molecule has 1 amide bonds. The zero-order chi connectivity index (χ0) is 20.6. The van der Waals surface area contributed by atoms with Gasteiger partial charge >= 0.3 is 0 Å². The smallest absolute Gasteiger partial charge is 0.264 e. The van der Waals surface area contributed by atoms with Crippen LogP contribution >= 0.6 is 11.6 Å². The van der Waals surface area contributed by atoms with Crippen LogP contribution in [0.4, 0.5) is 0 Å². The second-order valence-corrected chi connectivity index (χ2v) is 9.15. The lowest BCUT2D eigenvalue weighted by atomic mass is 9.78. The van der Waals surface area contributed by atoms with Crippen molar-refractivity contribution in [1.29, 1.82) is 5.26 Å². The van der Waals surface area contributed by atoms with Gasteiger partial charge in [-0.2, -0.15) is 5.26 Å². The molecule has 0 fully saturated rings. The molecule has 0 saturated heterocycles. The zero-order valence-corrected chi connectivity index (χ0v) is 16.9. The Morgan fingerprint density at radius 3 is 2.62 bits per heavy atom. The van der Waals surface area contributed by atoms with Crippen molar-refractivity contribution in [2.45, 2.75) is 29.6 Å². The summed E-state index contributed by atoms with van der Waals surface area (Å²) in [6.45, 7) is 0. The summed E-state index contributed by atoms with van der Waals surface area (Å²) in [5.74, 6) is -0.701. The van der Waals surface area contributed by atoms with Crippen LogP contribution in [0.2, 0.25) is 5.02 Å². The first kappa shape index (κ1) is 19.4. The van der Waals surface area contributed by atoms with E-state index in [1.165, 1.54) is 6.07 Å². The van der Waals surface area contributed by atoms with Crippen molar-refractivity contribution in [3.05, 3.63) is 76.8 Å². The molecule has 1 aliphatic carbocycles. The van der Waals surface area contributed by atoms with Gasteiger partial charge in [-0.3, -0.25) is 4.79 Å². The first-order chi connectivity index (χ1) is 13.9. The summed E-state index contributed by atoms with van der Waals surface area (Å²) < 4.78 is 28.4. The van der Waals surface area contributed by atoms with E-state index in [9.17, 15) is 18.5 Å². The molecule has 4 rings (SSSR count). The Hall–Kier alpha value is -2.88. The van der Waals surface area contributed by atoms with Crippen molar-refractivity contribution >= 4 is 38.3 Å². The topological polar surface area (TPSA) is 87.0 Å². The molecule has 0 bridgehead atoms. The van der Waals surface area contributed by atoms with Gasteiger partial charge in [-0.1, -0.05) is 60.1 Å². The summed E-state index contributed by atoms with van der Waals surface area (Å²) in [6, 6.07) is 19.2.